The molecule has 0 aliphatic carbocycles. The number of alkyl halides is 1. The number of carbonyl (C=O) groups excluding carboxylic acids is 2. The fraction of sp³-hybridized carbons (Fsp3) is 0.385. The van der Waals surface area contributed by atoms with E-state index in [2.05, 4.69) is 15.9 Å². The fourth-order valence-electron chi connectivity index (χ4n) is 1.52. The van der Waals surface area contributed by atoms with E-state index < -0.39 is 5.97 Å². The maximum atomic E-state index is 11.7. The predicted octanol–water partition coefficient (Wildman–Crippen LogP) is 2.32. The Morgan fingerprint density at radius 2 is 2.11 bits per heavy atom. The molecule has 1 aromatic carbocycles. The van der Waals surface area contributed by atoms with Crippen molar-refractivity contribution >= 4 is 27.7 Å². The Bertz CT molecular complexity index is 443. The molecule has 1 aromatic rings. The Hall–Kier alpha value is -1.20. The molecule has 0 aromatic heterocycles. The lowest BCUT2D eigenvalue weighted by molar-refractivity contribution is 0.0523. The zero-order chi connectivity index (χ0) is 13.5. The lowest BCUT2D eigenvalue weighted by atomic mass is 10.0. The molecule has 0 bridgehead atoms. The van der Waals surface area contributed by atoms with E-state index in [0.29, 0.717) is 22.9 Å². The van der Waals surface area contributed by atoms with Crippen molar-refractivity contribution in [3.63, 3.8) is 0 Å². The summed E-state index contributed by atoms with van der Waals surface area (Å²) in [7, 11) is 0. The largest absolute Gasteiger partial charge is 0.462 e. The molecule has 0 saturated heterocycles. The van der Waals surface area contributed by atoms with Gasteiger partial charge in [-0.2, -0.15) is 0 Å². The number of ketones is 1. The quantitative estimate of drug-likeness (QED) is 0.497. The van der Waals surface area contributed by atoms with Crippen molar-refractivity contribution in [3.05, 3.63) is 34.9 Å². The number of ether oxygens (including phenoxy) is 1. The van der Waals surface area contributed by atoms with Crippen LogP contribution in [0.5, 0.6) is 0 Å². The molecule has 98 valence electrons. The van der Waals surface area contributed by atoms with Gasteiger partial charge in [0.25, 0.3) is 0 Å². The molecule has 5 heteroatoms. The van der Waals surface area contributed by atoms with Gasteiger partial charge in [0.1, 0.15) is 0 Å². The number of hydrogen-bond donors (Lipinski definition) is 1. The minimum Gasteiger partial charge on any atom is -0.462 e. The van der Waals surface area contributed by atoms with E-state index in [9.17, 15) is 9.59 Å². The first-order chi connectivity index (χ1) is 8.63. The Morgan fingerprint density at radius 3 is 2.67 bits per heavy atom. The van der Waals surface area contributed by atoms with Gasteiger partial charge in [-0.25, -0.2) is 4.79 Å². The van der Waals surface area contributed by atoms with Crippen LogP contribution in [-0.4, -0.2) is 28.8 Å². The summed E-state index contributed by atoms with van der Waals surface area (Å²) in [6, 6.07) is 4.67. The van der Waals surface area contributed by atoms with Crippen LogP contribution in [0.2, 0.25) is 0 Å². The fourth-order valence-corrected chi connectivity index (χ4v) is 1.88. The number of benzene rings is 1. The number of halogens is 1. The molecule has 1 rings (SSSR count). The summed E-state index contributed by atoms with van der Waals surface area (Å²) in [6.45, 7) is 1.70. The highest BCUT2D eigenvalue weighted by Crippen LogP contribution is 2.15. The zero-order valence-electron chi connectivity index (χ0n) is 10.1. The van der Waals surface area contributed by atoms with Gasteiger partial charge in [0.2, 0.25) is 0 Å². The van der Waals surface area contributed by atoms with Gasteiger partial charge in [-0.1, -0.05) is 28.1 Å². The Kier molecular flexibility index (Phi) is 6.01. The predicted molar refractivity (Wildman–Crippen MR) is 71.1 cm³/mol. The SMILES string of the molecule is CCOC(=O)c1cc(C(=O)CCBr)ccc1CO. The van der Waals surface area contributed by atoms with E-state index in [1.807, 2.05) is 0 Å². The second-order valence-corrected chi connectivity index (χ2v) is 4.41. The Morgan fingerprint density at radius 1 is 1.39 bits per heavy atom. The third-order valence-electron chi connectivity index (χ3n) is 2.42. The minimum atomic E-state index is -0.518. The zero-order valence-corrected chi connectivity index (χ0v) is 11.7. The van der Waals surface area contributed by atoms with Crippen molar-refractivity contribution in [1.29, 1.82) is 0 Å². The van der Waals surface area contributed by atoms with Gasteiger partial charge in [0.05, 0.1) is 18.8 Å². The number of Topliss-reactive ketones (excluding diaryl/α,β-unsaturated/α-hetero) is 1. The van der Waals surface area contributed by atoms with Gasteiger partial charge in [0.15, 0.2) is 5.78 Å². The molecule has 4 nitrogen and oxygen atoms in total. The van der Waals surface area contributed by atoms with E-state index in [0.717, 1.165) is 0 Å². The monoisotopic (exact) mass is 314 g/mol. The molecule has 0 heterocycles. The van der Waals surface area contributed by atoms with Crippen molar-refractivity contribution in [2.45, 2.75) is 20.0 Å². The van der Waals surface area contributed by atoms with Gasteiger partial charge in [-0.15, -0.1) is 0 Å². The van der Waals surface area contributed by atoms with Crippen LogP contribution in [0.4, 0.5) is 0 Å². The normalized spacial score (nSPS) is 10.2. The molecule has 0 aliphatic rings. The molecular weight excluding hydrogens is 300 g/mol. The standard InChI is InChI=1S/C13H15BrO4/c1-2-18-13(17)11-7-9(12(16)5-6-14)3-4-10(11)8-15/h3-4,7,15H,2,5-6,8H2,1H3. The van der Waals surface area contributed by atoms with Crippen LogP contribution in [0.3, 0.4) is 0 Å². The third kappa shape index (κ3) is 3.65. The molecule has 0 radical (unpaired) electrons. The van der Waals surface area contributed by atoms with E-state index in [4.69, 9.17) is 9.84 Å². The minimum absolute atomic E-state index is 0.0538. The number of esters is 1. The molecule has 0 fully saturated rings. The molecule has 1 N–H and O–H groups in total. The van der Waals surface area contributed by atoms with Crippen molar-refractivity contribution in [2.75, 3.05) is 11.9 Å². The first kappa shape index (κ1) is 14.9. The third-order valence-corrected chi connectivity index (χ3v) is 2.82. The van der Waals surface area contributed by atoms with Crippen molar-refractivity contribution < 1.29 is 19.4 Å². The molecule has 0 spiro atoms. The van der Waals surface area contributed by atoms with Gasteiger partial charge < -0.3 is 9.84 Å². The van der Waals surface area contributed by atoms with Crippen LogP contribution >= 0.6 is 15.9 Å². The molecule has 0 atom stereocenters. The molecule has 0 amide bonds. The average molecular weight is 315 g/mol. The van der Waals surface area contributed by atoms with E-state index in [1.54, 1.807) is 19.1 Å². The molecule has 0 aliphatic heterocycles. The highest BCUT2D eigenvalue weighted by Gasteiger charge is 2.15. The van der Waals surface area contributed by atoms with Crippen LogP contribution in [0.15, 0.2) is 18.2 Å². The number of rotatable bonds is 6. The first-order valence-electron chi connectivity index (χ1n) is 5.64. The van der Waals surface area contributed by atoms with Crippen molar-refractivity contribution in [1.82, 2.24) is 0 Å². The number of aliphatic hydroxyl groups is 1. The van der Waals surface area contributed by atoms with E-state index >= 15 is 0 Å². The summed E-state index contributed by atoms with van der Waals surface area (Å²) in [5.41, 5.74) is 1.17. The van der Waals surface area contributed by atoms with Crippen LogP contribution in [0, 0.1) is 0 Å². The summed E-state index contributed by atoms with van der Waals surface area (Å²) in [6.07, 6.45) is 0.362. The summed E-state index contributed by atoms with van der Waals surface area (Å²) in [5, 5.41) is 9.74. The highest BCUT2D eigenvalue weighted by atomic mass is 79.9. The Labute approximate surface area is 114 Å². The molecule has 0 unspecified atom stereocenters. The van der Waals surface area contributed by atoms with Crippen LogP contribution in [-0.2, 0) is 11.3 Å². The van der Waals surface area contributed by atoms with E-state index in [-0.39, 0.29) is 24.6 Å². The second kappa shape index (κ2) is 7.28. The first-order valence-corrected chi connectivity index (χ1v) is 6.76. The topological polar surface area (TPSA) is 63.6 Å². The maximum absolute atomic E-state index is 11.7. The van der Waals surface area contributed by atoms with Crippen LogP contribution in [0.1, 0.15) is 39.6 Å². The van der Waals surface area contributed by atoms with Gasteiger partial charge in [-0.05, 0) is 18.6 Å². The summed E-state index contributed by atoms with van der Waals surface area (Å²) in [5.74, 6) is -0.572. The van der Waals surface area contributed by atoms with Crippen molar-refractivity contribution in [3.8, 4) is 0 Å². The molecule has 18 heavy (non-hydrogen) atoms. The van der Waals surface area contributed by atoms with Crippen molar-refractivity contribution in [2.24, 2.45) is 0 Å². The molecular formula is C13H15BrO4. The highest BCUT2D eigenvalue weighted by molar-refractivity contribution is 9.09. The summed E-state index contributed by atoms with van der Waals surface area (Å²) < 4.78 is 4.89. The number of carbonyl (C=O) groups is 2. The van der Waals surface area contributed by atoms with Gasteiger partial charge in [-0.3, -0.25) is 4.79 Å². The summed E-state index contributed by atoms with van der Waals surface area (Å²) >= 11 is 3.20. The maximum Gasteiger partial charge on any atom is 0.338 e. The summed E-state index contributed by atoms with van der Waals surface area (Å²) in [4.78, 5) is 23.4. The van der Waals surface area contributed by atoms with E-state index in [1.165, 1.54) is 6.07 Å². The van der Waals surface area contributed by atoms with Gasteiger partial charge >= 0.3 is 5.97 Å². The smallest absolute Gasteiger partial charge is 0.338 e. The average Bonchev–Trinajstić information content (AvgIpc) is 2.38. The van der Waals surface area contributed by atoms with Crippen LogP contribution in [0.25, 0.3) is 0 Å². The Balaban J connectivity index is 3.09. The molecule has 0 saturated carbocycles. The van der Waals surface area contributed by atoms with Crippen LogP contribution < -0.4 is 0 Å². The number of hydrogen-bond acceptors (Lipinski definition) is 4. The number of aliphatic hydroxyl groups excluding tert-OH is 1. The lowest BCUT2D eigenvalue weighted by Gasteiger charge is -2.08. The van der Waals surface area contributed by atoms with Gasteiger partial charge in [0, 0.05) is 17.3 Å². The second-order valence-electron chi connectivity index (χ2n) is 3.61. The lowest BCUT2D eigenvalue weighted by Crippen LogP contribution is -2.10.